The minimum Gasteiger partial charge on any atom is -0.488 e. The van der Waals surface area contributed by atoms with Crippen LogP contribution in [0.3, 0.4) is 0 Å². The maximum Gasteiger partial charge on any atom is 0.494 e. The number of aromatic nitrogens is 2. The van der Waals surface area contributed by atoms with Crippen LogP contribution in [-0.4, -0.2) is 34.8 Å². The predicted molar refractivity (Wildman–Crippen MR) is 139 cm³/mol. The van der Waals surface area contributed by atoms with E-state index in [0.29, 0.717) is 12.6 Å². The number of fused-ring (bicyclic) bond motifs is 6. The van der Waals surface area contributed by atoms with Gasteiger partial charge in [-0.1, -0.05) is 24.3 Å². The molecule has 0 spiro atoms. The molecule has 0 aliphatic carbocycles. The van der Waals surface area contributed by atoms with E-state index in [1.165, 1.54) is 17.4 Å². The second-order valence-corrected chi connectivity index (χ2v) is 11.1. The third-order valence-electron chi connectivity index (χ3n) is 8.30. The fourth-order valence-corrected chi connectivity index (χ4v) is 5.53. The lowest BCUT2D eigenvalue weighted by Gasteiger charge is -2.32. The molecule has 2 N–H and O–H groups in total. The van der Waals surface area contributed by atoms with Gasteiger partial charge in [-0.3, -0.25) is 0 Å². The topological polar surface area (TPSA) is 68.4 Å². The van der Waals surface area contributed by atoms with Crippen LogP contribution >= 0.6 is 0 Å². The summed E-state index contributed by atoms with van der Waals surface area (Å²) in [5.41, 5.74) is 5.87. The first-order chi connectivity index (χ1) is 16.8. The van der Waals surface area contributed by atoms with E-state index in [1.54, 1.807) is 0 Å². The molecule has 35 heavy (non-hydrogen) atoms. The Kier molecular flexibility index (Phi) is 4.48. The van der Waals surface area contributed by atoms with Crippen LogP contribution in [0.15, 0.2) is 42.5 Å². The highest BCUT2D eigenvalue weighted by Gasteiger charge is 2.51. The SMILES string of the molecule is CC1(C)OB(c2ccc3c(c2)COc2cc4c(ccc5[nH]c(C6CCCN6)nc54)cc2-3)OC1(C)C. The van der Waals surface area contributed by atoms with Crippen LogP contribution in [0.5, 0.6) is 5.75 Å². The van der Waals surface area contributed by atoms with E-state index in [4.69, 9.17) is 19.0 Å². The summed E-state index contributed by atoms with van der Waals surface area (Å²) < 4.78 is 18.8. The summed E-state index contributed by atoms with van der Waals surface area (Å²) >= 11 is 0. The van der Waals surface area contributed by atoms with Gasteiger partial charge in [0.05, 0.1) is 28.3 Å². The van der Waals surface area contributed by atoms with Gasteiger partial charge in [0.15, 0.2) is 0 Å². The molecule has 2 fully saturated rings. The molecule has 178 valence electrons. The van der Waals surface area contributed by atoms with Gasteiger partial charge in [-0.25, -0.2) is 4.98 Å². The molecule has 3 aliphatic heterocycles. The van der Waals surface area contributed by atoms with Gasteiger partial charge in [0.25, 0.3) is 0 Å². The molecule has 2 saturated heterocycles. The number of aromatic amines is 1. The van der Waals surface area contributed by atoms with Gasteiger partial charge in [-0.2, -0.15) is 0 Å². The minimum atomic E-state index is -0.375. The van der Waals surface area contributed by atoms with Crippen molar-refractivity contribution in [2.75, 3.05) is 6.54 Å². The summed E-state index contributed by atoms with van der Waals surface area (Å²) in [6.45, 7) is 9.91. The second kappa shape index (κ2) is 7.32. The van der Waals surface area contributed by atoms with Crippen LogP contribution in [0.4, 0.5) is 0 Å². The molecule has 1 unspecified atom stereocenters. The molecular formula is C28H30BN3O3. The zero-order chi connectivity index (χ0) is 23.9. The Morgan fingerprint density at radius 1 is 0.971 bits per heavy atom. The normalized spacial score (nSPS) is 22.4. The van der Waals surface area contributed by atoms with E-state index in [2.05, 4.69) is 80.5 Å². The fraction of sp³-hybridized carbons (Fsp3) is 0.393. The molecule has 7 rings (SSSR count). The molecule has 6 nitrogen and oxygen atoms in total. The van der Waals surface area contributed by atoms with Crippen molar-refractivity contribution in [3.63, 3.8) is 0 Å². The third kappa shape index (κ3) is 3.25. The Hall–Kier alpha value is -2.87. The van der Waals surface area contributed by atoms with Crippen LogP contribution in [0.25, 0.3) is 32.9 Å². The van der Waals surface area contributed by atoms with E-state index >= 15 is 0 Å². The lowest BCUT2D eigenvalue weighted by molar-refractivity contribution is 0.00578. The first kappa shape index (κ1) is 21.4. The average molecular weight is 467 g/mol. The van der Waals surface area contributed by atoms with E-state index < -0.39 is 0 Å². The molecule has 0 saturated carbocycles. The molecular weight excluding hydrogens is 437 g/mol. The summed E-state index contributed by atoms with van der Waals surface area (Å²) in [4.78, 5) is 8.53. The predicted octanol–water partition coefficient (Wildman–Crippen LogP) is 5.00. The molecule has 7 heteroatoms. The zero-order valence-electron chi connectivity index (χ0n) is 20.7. The summed E-state index contributed by atoms with van der Waals surface area (Å²) in [6, 6.07) is 15.5. The van der Waals surface area contributed by atoms with Crippen molar-refractivity contribution in [3.8, 4) is 16.9 Å². The van der Waals surface area contributed by atoms with Gasteiger partial charge in [0, 0.05) is 10.9 Å². The van der Waals surface area contributed by atoms with E-state index in [-0.39, 0.29) is 18.3 Å². The zero-order valence-corrected chi connectivity index (χ0v) is 20.7. The number of ether oxygens (including phenoxy) is 1. The number of benzene rings is 3. The minimum absolute atomic E-state index is 0.316. The quantitative estimate of drug-likeness (QED) is 0.406. The molecule has 3 aromatic carbocycles. The van der Waals surface area contributed by atoms with E-state index in [0.717, 1.165) is 57.5 Å². The summed E-state index contributed by atoms with van der Waals surface area (Å²) in [7, 11) is -0.375. The van der Waals surface area contributed by atoms with Gasteiger partial charge in [0.2, 0.25) is 0 Å². The molecule has 0 bridgehead atoms. The summed E-state index contributed by atoms with van der Waals surface area (Å²) in [5.74, 6) is 1.94. The molecule has 1 aromatic heterocycles. The Balaban J connectivity index is 1.28. The molecule has 0 amide bonds. The van der Waals surface area contributed by atoms with Crippen molar-refractivity contribution in [3.05, 3.63) is 53.9 Å². The number of hydrogen-bond acceptors (Lipinski definition) is 5. The second-order valence-electron chi connectivity index (χ2n) is 11.1. The van der Waals surface area contributed by atoms with Crippen LogP contribution in [-0.2, 0) is 15.9 Å². The molecule has 1 atom stereocenters. The highest BCUT2D eigenvalue weighted by molar-refractivity contribution is 6.62. The first-order valence-corrected chi connectivity index (χ1v) is 12.6. The van der Waals surface area contributed by atoms with Crippen molar-refractivity contribution >= 4 is 34.4 Å². The van der Waals surface area contributed by atoms with Crippen molar-refractivity contribution in [2.24, 2.45) is 0 Å². The number of imidazole rings is 1. The highest BCUT2D eigenvalue weighted by Crippen LogP contribution is 2.42. The molecule has 0 radical (unpaired) electrons. The average Bonchev–Trinajstić information content (AvgIpc) is 3.55. The maximum atomic E-state index is 6.28. The lowest BCUT2D eigenvalue weighted by Crippen LogP contribution is -2.41. The number of hydrogen-bond donors (Lipinski definition) is 2. The highest BCUT2D eigenvalue weighted by atomic mass is 16.7. The van der Waals surface area contributed by atoms with Crippen LogP contribution < -0.4 is 15.5 Å². The van der Waals surface area contributed by atoms with Crippen molar-refractivity contribution in [1.29, 1.82) is 0 Å². The molecule has 3 aliphatic rings. The van der Waals surface area contributed by atoms with Crippen molar-refractivity contribution < 1.29 is 14.0 Å². The van der Waals surface area contributed by atoms with E-state index in [9.17, 15) is 0 Å². The first-order valence-electron chi connectivity index (χ1n) is 12.6. The van der Waals surface area contributed by atoms with Gasteiger partial charge in [-0.15, -0.1) is 0 Å². The van der Waals surface area contributed by atoms with Gasteiger partial charge in [0.1, 0.15) is 18.2 Å². The Labute approximate surface area is 205 Å². The van der Waals surface area contributed by atoms with Crippen LogP contribution in [0.2, 0.25) is 0 Å². The largest absolute Gasteiger partial charge is 0.494 e. The monoisotopic (exact) mass is 467 g/mol. The van der Waals surface area contributed by atoms with Crippen LogP contribution in [0, 0.1) is 0 Å². The standard InChI is InChI=1S/C28H30BN3O3/c1-27(2)28(3,4)35-29(34-27)18-8-9-19-17(12-18)15-33-24-14-20-16(13-21(19)24)7-10-22-25(20)32-26(31-22)23-6-5-11-30-23/h7-10,12-14,23,30H,5-6,11,15H2,1-4H3,(H,31,32). The number of nitrogens with one attached hydrogen (secondary N) is 2. The maximum absolute atomic E-state index is 6.28. The number of H-pyrrole nitrogens is 1. The lowest BCUT2D eigenvalue weighted by atomic mass is 9.77. The number of nitrogens with zero attached hydrogens (tertiary/aromatic N) is 1. The Morgan fingerprint density at radius 2 is 1.80 bits per heavy atom. The smallest absolute Gasteiger partial charge is 0.488 e. The summed E-state index contributed by atoms with van der Waals surface area (Å²) in [5, 5.41) is 5.83. The Morgan fingerprint density at radius 3 is 2.57 bits per heavy atom. The fourth-order valence-electron chi connectivity index (χ4n) is 5.53. The molecule has 4 aromatic rings. The van der Waals surface area contributed by atoms with Crippen LogP contribution in [0.1, 0.15) is 58.0 Å². The van der Waals surface area contributed by atoms with Crippen molar-refractivity contribution in [1.82, 2.24) is 15.3 Å². The molecule has 4 heterocycles. The number of rotatable bonds is 2. The van der Waals surface area contributed by atoms with E-state index in [1.807, 2.05) is 0 Å². The van der Waals surface area contributed by atoms with Gasteiger partial charge < -0.3 is 24.3 Å². The Bertz CT molecular complexity index is 1470. The third-order valence-corrected chi connectivity index (χ3v) is 8.30. The summed E-state index contributed by atoms with van der Waals surface area (Å²) in [6.07, 6.45) is 2.32. The van der Waals surface area contributed by atoms with Gasteiger partial charge >= 0.3 is 7.12 Å². The van der Waals surface area contributed by atoms with Crippen molar-refractivity contribution in [2.45, 2.75) is 64.4 Å². The van der Waals surface area contributed by atoms with Gasteiger partial charge in [-0.05, 0) is 87.3 Å².